The molecule has 31 heavy (non-hydrogen) atoms. The first kappa shape index (κ1) is 22.8. The fourth-order valence-corrected chi connectivity index (χ4v) is 3.74. The van der Waals surface area contributed by atoms with E-state index in [1.165, 1.54) is 0 Å². The van der Waals surface area contributed by atoms with Crippen molar-refractivity contribution < 1.29 is 14.3 Å². The first-order chi connectivity index (χ1) is 14.9. The molecule has 0 radical (unpaired) electrons. The Morgan fingerprint density at radius 3 is 2.58 bits per heavy atom. The van der Waals surface area contributed by atoms with Crippen molar-refractivity contribution in [2.75, 3.05) is 34.3 Å². The number of aromatic nitrogens is 1. The molecule has 7 heteroatoms. The molecule has 0 unspecified atom stereocenters. The Bertz CT molecular complexity index is 1000. The van der Waals surface area contributed by atoms with E-state index in [0.29, 0.717) is 31.0 Å². The van der Waals surface area contributed by atoms with Gasteiger partial charge in [0, 0.05) is 24.0 Å². The van der Waals surface area contributed by atoms with E-state index in [4.69, 9.17) is 9.47 Å². The van der Waals surface area contributed by atoms with Gasteiger partial charge in [-0.3, -0.25) is 4.79 Å². The molecule has 0 saturated heterocycles. The maximum Gasteiger partial charge on any atom is 0.254 e. The summed E-state index contributed by atoms with van der Waals surface area (Å²) in [4.78, 5) is 21.8. The van der Waals surface area contributed by atoms with Gasteiger partial charge in [0.2, 0.25) is 0 Å². The normalized spacial score (nSPS) is 10.9. The van der Waals surface area contributed by atoms with E-state index in [2.05, 4.69) is 9.88 Å². The van der Waals surface area contributed by atoms with Gasteiger partial charge in [-0.1, -0.05) is 18.2 Å². The monoisotopic (exact) mass is 439 g/mol. The van der Waals surface area contributed by atoms with Crippen molar-refractivity contribution in [2.24, 2.45) is 0 Å². The first-order valence-electron chi connectivity index (χ1n) is 10.2. The Morgan fingerprint density at radius 1 is 1.06 bits per heavy atom. The second-order valence-electron chi connectivity index (χ2n) is 7.60. The zero-order chi connectivity index (χ0) is 22.2. The molecule has 0 aliphatic heterocycles. The summed E-state index contributed by atoms with van der Waals surface area (Å²) in [5.41, 5.74) is 2.63. The molecule has 1 amide bonds. The Balaban J connectivity index is 1.68. The van der Waals surface area contributed by atoms with E-state index in [1.54, 1.807) is 24.5 Å². The zero-order valence-corrected chi connectivity index (χ0v) is 19.3. The highest BCUT2D eigenvalue weighted by atomic mass is 32.1. The van der Waals surface area contributed by atoms with Gasteiger partial charge < -0.3 is 19.3 Å². The van der Waals surface area contributed by atoms with E-state index in [0.717, 1.165) is 28.6 Å². The SMILES string of the molecule is COc1cccc(C(=O)N(CCN(C)C)Cc2csc(COc3cccc(C)c3)n2)c1. The van der Waals surface area contributed by atoms with E-state index in [9.17, 15) is 4.79 Å². The van der Waals surface area contributed by atoms with Gasteiger partial charge >= 0.3 is 0 Å². The molecule has 1 heterocycles. The predicted octanol–water partition coefficient (Wildman–Crippen LogP) is 4.24. The molecule has 2 aromatic carbocycles. The van der Waals surface area contributed by atoms with Crippen molar-refractivity contribution in [3.05, 3.63) is 75.7 Å². The Morgan fingerprint density at radius 2 is 1.84 bits per heavy atom. The van der Waals surface area contributed by atoms with E-state index in [-0.39, 0.29) is 5.91 Å². The molecule has 1 aromatic heterocycles. The van der Waals surface area contributed by atoms with Crippen LogP contribution in [0, 0.1) is 6.92 Å². The van der Waals surface area contributed by atoms with Crippen LogP contribution < -0.4 is 9.47 Å². The van der Waals surface area contributed by atoms with Crippen molar-refractivity contribution in [3.63, 3.8) is 0 Å². The highest BCUT2D eigenvalue weighted by Gasteiger charge is 2.18. The summed E-state index contributed by atoms with van der Waals surface area (Å²) in [5, 5.41) is 2.88. The molecule has 0 fully saturated rings. The van der Waals surface area contributed by atoms with E-state index < -0.39 is 0 Å². The van der Waals surface area contributed by atoms with Crippen LogP contribution in [0.1, 0.15) is 26.6 Å². The number of thiazole rings is 1. The molecule has 0 saturated carbocycles. The Labute approximate surface area is 188 Å². The molecule has 164 valence electrons. The second kappa shape index (κ2) is 10.9. The van der Waals surface area contributed by atoms with Gasteiger partial charge in [0.25, 0.3) is 5.91 Å². The van der Waals surface area contributed by atoms with Crippen molar-refractivity contribution in [2.45, 2.75) is 20.1 Å². The van der Waals surface area contributed by atoms with Gasteiger partial charge in [0.05, 0.1) is 19.3 Å². The summed E-state index contributed by atoms with van der Waals surface area (Å²) in [6.45, 7) is 4.27. The molecule has 3 aromatic rings. The van der Waals surface area contributed by atoms with Gasteiger partial charge in [-0.05, 0) is 56.9 Å². The lowest BCUT2D eigenvalue weighted by Gasteiger charge is -2.24. The average molecular weight is 440 g/mol. The average Bonchev–Trinajstić information content (AvgIpc) is 3.22. The van der Waals surface area contributed by atoms with Crippen molar-refractivity contribution >= 4 is 17.2 Å². The summed E-state index contributed by atoms with van der Waals surface area (Å²) >= 11 is 1.55. The quantitative estimate of drug-likeness (QED) is 0.473. The number of benzene rings is 2. The smallest absolute Gasteiger partial charge is 0.254 e. The summed E-state index contributed by atoms with van der Waals surface area (Å²) in [7, 11) is 5.60. The molecule has 0 atom stereocenters. The van der Waals surface area contributed by atoms with E-state index in [1.807, 2.05) is 73.8 Å². The van der Waals surface area contributed by atoms with Crippen LogP contribution in [-0.2, 0) is 13.2 Å². The number of carbonyl (C=O) groups excluding carboxylic acids is 1. The molecule has 0 bridgehead atoms. The number of rotatable bonds is 10. The number of hydrogen-bond acceptors (Lipinski definition) is 6. The van der Waals surface area contributed by atoms with Crippen LogP contribution in [0.3, 0.4) is 0 Å². The van der Waals surface area contributed by atoms with Crippen LogP contribution in [0.25, 0.3) is 0 Å². The molecular formula is C24H29N3O3S. The van der Waals surface area contributed by atoms with Crippen molar-refractivity contribution in [3.8, 4) is 11.5 Å². The summed E-state index contributed by atoms with van der Waals surface area (Å²) < 4.78 is 11.1. The van der Waals surface area contributed by atoms with Crippen LogP contribution in [-0.4, -0.2) is 55.0 Å². The lowest BCUT2D eigenvalue weighted by molar-refractivity contribution is 0.0729. The predicted molar refractivity (Wildman–Crippen MR) is 124 cm³/mol. The van der Waals surface area contributed by atoms with Crippen LogP contribution >= 0.6 is 11.3 Å². The largest absolute Gasteiger partial charge is 0.497 e. The number of likely N-dealkylation sites (N-methyl/N-ethyl adjacent to an activating group) is 1. The number of methoxy groups -OCH3 is 1. The number of ether oxygens (including phenoxy) is 2. The third-order valence-corrected chi connectivity index (χ3v) is 5.60. The van der Waals surface area contributed by atoms with Gasteiger partial charge in [0.15, 0.2) is 0 Å². The van der Waals surface area contributed by atoms with Crippen molar-refractivity contribution in [1.82, 2.24) is 14.8 Å². The summed E-state index contributed by atoms with van der Waals surface area (Å²) in [6.07, 6.45) is 0. The minimum atomic E-state index is -0.0358. The fourth-order valence-electron chi connectivity index (χ4n) is 3.05. The van der Waals surface area contributed by atoms with Gasteiger partial charge in [-0.25, -0.2) is 4.98 Å². The summed E-state index contributed by atoms with van der Waals surface area (Å²) in [6, 6.07) is 15.2. The topological polar surface area (TPSA) is 54.9 Å². The van der Waals surface area contributed by atoms with E-state index >= 15 is 0 Å². The molecule has 0 spiro atoms. The molecule has 6 nitrogen and oxygen atoms in total. The number of hydrogen-bond donors (Lipinski definition) is 0. The fraction of sp³-hybridized carbons (Fsp3) is 0.333. The minimum absolute atomic E-state index is 0.0358. The van der Waals surface area contributed by atoms with Gasteiger partial charge in [0.1, 0.15) is 23.1 Å². The highest BCUT2D eigenvalue weighted by molar-refractivity contribution is 7.09. The maximum atomic E-state index is 13.2. The minimum Gasteiger partial charge on any atom is -0.497 e. The lowest BCUT2D eigenvalue weighted by atomic mass is 10.2. The van der Waals surface area contributed by atoms with Crippen LogP contribution in [0.2, 0.25) is 0 Å². The number of carbonyl (C=O) groups is 1. The van der Waals surface area contributed by atoms with Gasteiger partial charge in [-0.2, -0.15) is 0 Å². The van der Waals surface area contributed by atoms with Crippen LogP contribution in [0.4, 0.5) is 0 Å². The van der Waals surface area contributed by atoms with Crippen LogP contribution in [0.5, 0.6) is 11.5 Å². The molecule has 3 rings (SSSR count). The lowest BCUT2D eigenvalue weighted by Crippen LogP contribution is -2.36. The molecular weight excluding hydrogens is 410 g/mol. The van der Waals surface area contributed by atoms with Crippen molar-refractivity contribution in [1.29, 1.82) is 0 Å². The third kappa shape index (κ3) is 6.80. The number of amides is 1. The number of aryl methyl sites for hydroxylation is 1. The highest BCUT2D eigenvalue weighted by Crippen LogP contribution is 2.19. The molecule has 0 aliphatic rings. The maximum absolute atomic E-state index is 13.2. The molecule has 0 N–H and O–H groups in total. The number of nitrogens with zero attached hydrogens (tertiary/aromatic N) is 3. The second-order valence-corrected chi connectivity index (χ2v) is 8.54. The third-order valence-electron chi connectivity index (χ3n) is 4.73. The summed E-state index contributed by atoms with van der Waals surface area (Å²) in [5.74, 6) is 1.46. The molecule has 0 aliphatic carbocycles. The first-order valence-corrected chi connectivity index (χ1v) is 11.0. The standard InChI is InChI=1S/C24H29N3O3S/c1-18-7-5-10-22(13-18)30-16-23-25-20(17-31-23)15-27(12-11-26(2)3)24(28)19-8-6-9-21(14-19)29-4/h5-10,13-14,17H,11-12,15-16H2,1-4H3. The Hall–Kier alpha value is -2.90. The zero-order valence-electron chi connectivity index (χ0n) is 18.5. The van der Waals surface area contributed by atoms with Gasteiger partial charge in [-0.15, -0.1) is 11.3 Å². The Kier molecular flexibility index (Phi) is 8.03. The van der Waals surface area contributed by atoms with Crippen LogP contribution in [0.15, 0.2) is 53.9 Å².